The standard InChI is InChI=1S/C19H20F3N5O4/c1-30-18-12(2-3-17(25-18)31-11-19(20,21)22)9-27-10-13-14(26-27)4-5-23-15(13)8-16(29)24-6-7-28/h2-5,10,28H,6-9,11H2,1H3,(H,24,29). The fourth-order valence-corrected chi connectivity index (χ4v) is 2.84. The number of aromatic nitrogens is 4. The zero-order chi connectivity index (χ0) is 22.4. The SMILES string of the molecule is COc1nc(OCC(F)(F)F)ccc1Cn1cc2c(CC(=O)NCCO)nccc2n1. The molecule has 0 aliphatic carbocycles. The molecule has 3 aromatic heterocycles. The maximum atomic E-state index is 12.3. The molecule has 0 saturated carbocycles. The van der Waals surface area contributed by atoms with E-state index < -0.39 is 12.8 Å². The van der Waals surface area contributed by atoms with Gasteiger partial charge < -0.3 is 19.9 Å². The van der Waals surface area contributed by atoms with Gasteiger partial charge in [-0.05, 0) is 12.1 Å². The number of nitrogens with one attached hydrogen (secondary N) is 1. The van der Waals surface area contributed by atoms with Gasteiger partial charge in [-0.1, -0.05) is 0 Å². The van der Waals surface area contributed by atoms with Crippen LogP contribution in [0.5, 0.6) is 11.8 Å². The van der Waals surface area contributed by atoms with Gasteiger partial charge in [-0.3, -0.25) is 14.5 Å². The number of fused-ring (bicyclic) bond motifs is 1. The van der Waals surface area contributed by atoms with Crippen LogP contribution in [0.25, 0.3) is 10.9 Å². The number of pyridine rings is 2. The summed E-state index contributed by atoms with van der Waals surface area (Å²) in [6, 6.07) is 4.57. The van der Waals surface area contributed by atoms with E-state index in [0.717, 1.165) is 0 Å². The summed E-state index contributed by atoms with van der Waals surface area (Å²) in [5.74, 6) is -0.369. The third-order valence-electron chi connectivity index (χ3n) is 4.15. The molecule has 0 aliphatic rings. The van der Waals surface area contributed by atoms with Crippen molar-refractivity contribution in [1.29, 1.82) is 0 Å². The van der Waals surface area contributed by atoms with Gasteiger partial charge in [0.25, 0.3) is 0 Å². The lowest BCUT2D eigenvalue weighted by Crippen LogP contribution is -2.28. The van der Waals surface area contributed by atoms with E-state index in [1.807, 2.05) is 0 Å². The van der Waals surface area contributed by atoms with Gasteiger partial charge in [0, 0.05) is 36.0 Å². The van der Waals surface area contributed by atoms with Crippen LogP contribution in [0.15, 0.2) is 30.6 Å². The molecule has 0 saturated heterocycles. The molecule has 3 rings (SSSR count). The minimum atomic E-state index is -4.47. The number of nitrogens with zero attached hydrogens (tertiary/aromatic N) is 4. The van der Waals surface area contributed by atoms with Crippen molar-refractivity contribution in [3.8, 4) is 11.8 Å². The average molecular weight is 439 g/mol. The van der Waals surface area contributed by atoms with E-state index in [-0.39, 0.29) is 43.8 Å². The highest BCUT2D eigenvalue weighted by Crippen LogP contribution is 2.24. The molecule has 3 heterocycles. The monoisotopic (exact) mass is 439 g/mol. The van der Waals surface area contributed by atoms with Crippen LogP contribution >= 0.6 is 0 Å². The highest BCUT2D eigenvalue weighted by atomic mass is 19.4. The Kier molecular flexibility index (Phi) is 6.90. The lowest BCUT2D eigenvalue weighted by Gasteiger charge is -2.11. The molecular weight excluding hydrogens is 419 g/mol. The first-order valence-electron chi connectivity index (χ1n) is 9.21. The summed E-state index contributed by atoms with van der Waals surface area (Å²) in [4.78, 5) is 20.1. The van der Waals surface area contributed by atoms with E-state index in [9.17, 15) is 18.0 Å². The zero-order valence-corrected chi connectivity index (χ0v) is 16.5. The van der Waals surface area contributed by atoms with E-state index in [0.29, 0.717) is 22.2 Å². The topological polar surface area (TPSA) is 111 Å². The largest absolute Gasteiger partial charge is 0.481 e. The third kappa shape index (κ3) is 6.04. The maximum Gasteiger partial charge on any atom is 0.422 e. The number of hydrogen-bond acceptors (Lipinski definition) is 7. The quantitative estimate of drug-likeness (QED) is 0.519. The molecule has 31 heavy (non-hydrogen) atoms. The van der Waals surface area contributed by atoms with Crippen LogP contribution in [0, 0.1) is 0 Å². The Morgan fingerprint density at radius 1 is 1.29 bits per heavy atom. The van der Waals surface area contributed by atoms with Crippen LogP contribution in [0.4, 0.5) is 13.2 Å². The zero-order valence-electron chi connectivity index (χ0n) is 16.5. The summed E-state index contributed by atoms with van der Waals surface area (Å²) in [5, 5.41) is 16.5. The van der Waals surface area contributed by atoms with Gasteiger partial charge in [0.05, 0.1) is 37.9 Å². The molecule has 0 atom stereocenters. The molecule has 0 unspecified atom stereocenters. The molecule has 0 radical (unpaired) electrons. The molecule has 0 bridgehead atoms. The molecular formula is C19H20F3N5O4. The highest BCUT2D eigenvalue weighted by Gasteiger charge is 2.28. The van der Waals surface area contributed by atoms with Crippen molar-refractivity contribution in [2.75, 3.05) is 26.9 Å². The Morgan fingerprint density at radius 3 is 2.81 bits per heavy atom. The summed E-state index contributed by atoms with van der Waals surface area (Å²) in [6.07, 6.45) is -1.18. The van der Waals surface area contributed by atoms with Crippen molar-refractivity contribution >= 4 is 16.8 Å². The summed E-state index contributed by atoms with van der Waals surface area (Å²) in [6.45, 7) is -1.23. The number of rotatable bonds is 9. The number of alkyl halides is 3. The number of aliphatic hydroxyl groups is 1. The van der Waals surface area contributed by atoms with Crippen molar-refractivity contribution in [2.24, 2.45) is 0 Å². The van der Waals surface area contributed by atoms with E-state index in [4.69, 9.17) is 9.84 Å². The van der Waals surface area contributed by atoms with Crippen molar-refractivity contribution < 1.29 is 32.5 Å². The van der Waals surface area contributed by atoms with Gasteiger partial charge in [0.15, 0.2) is 6.61 Å². The first-order valence-corrected chi connectivity index (χ1v) is 9.21. The second kappa shape index (κ2) is 9.60. The molecule has 1 amide bonds. The van der Waals surface area contributed by atoms with E-state index in [1.165, 1.54) is 13.2 Å². The number of halogens is 3. The number of amides is 1. The number of ether oxygens (including phenoxy) is 2. The van der Waals surface area contributed by atoms with Crippen molar-refractivity contribution in [3.63, 3.8) is 0 Å². The van der Waals surface area contributed by atoms with Crippen LogP contribution < -0.4 is 14.8 Å². The van der Waals surface area contributed by atoms with Crippen LogP contribution in [0.1, 0.15) is 11.3 Å². The minimum Gasteiger partial charge on any atom is -0.481 e. The molecule has 0 aromatic carbocycles. The van der Waals surface area contributed by atoms with Gasteiger partial charge >= 0.3 is 6.18 Å². The Balaban J connectivity index is 1.78. The second-order valence-corrected chi connectivity index (χ2v) is 6.49. The summed E-state index contributed by atoms with van der Waals surface area (Å²) in [7, 11) is 1.35. The first kappa shape index (κ1) is 22.3. The fraction of sp³-hybridized carbons (Fsp3) is 0.368. The second-order valence-electron chi connectivity index (χ2n) is 6.49. The van der Waals surface area contributed by atoms with Gasteiger partial charge in [0.2, 0.25) is 17.7 Å². The molecule has 3 aromatic rings. The lowest BCUT2D eigenvalue weighted by atomic mass is 10.2. The summed E-state index contributed by atoms with van der Waals surface area (Å²) < 4.78 is 48.4. The number of carbonyl (C=O) groups is 1. The molecule has 9 nitrogen and oxygen atoms in total. The normalized spacial score (nSPS) is 11.5. The molecule has 0 spiro atoms. The molecule has 0 aliphatic heterocycles. The Bertz CT molecular complexity index is 1050. The van der Waals surface area contributed by atoms with Gasteiger partial charge in [-0.25, -0.2) is 0 Å². The number of aliphatic hydroxyl groups excluding tert-OH is 1. The summed E-state index contributed by atoms with van der Waals surface area (Å²) in [5.41, 5.74) is 1.72. The van der Waals surface area contributed by atoms with Gasteiger partial charge in [0.1, 0.15) is 0 Å². The van der Waals surface area contributed by atoms with Crippen molar-refractivity contribution in [1.82, 2.24) is 25.1 Å². The number of hydrogen-bond donors (Lipinski definition) is 2. The smallest absolute Gasteiger partial charge is 0.422 e. The molecule has 2 N–H and O–H groups in total. The predicted octanol–water partition coefficient (Wildman–Crippen LogP) is 1.48. The fourth-order valence-electron chi connectivity index (χ4n) is 2.84. The predicted molar refractivity (Wildman–Crippen MR) is 103 cm³/mol. The Hall–Kier alpha value is -3.41. The van der Waals surface area contributed by atoms with Crippen LogP contribution in [-0.4, -0.2) is 63.8 Å². The van der Waals surface area contributed by atoms with Crippen molar-refractivity contribution in [2.45, 2.75) is 19.1 Å². The lowest BCUT2D eigenvalue weighted by molar-refractivity contribution is -0.154. The van der Waals surface area contributed by atoms with Crippen LogP contribution in [-0.2, 0) is 17.8 Å². The number of methoxy groups -OCH3 is 1. The highest BCUT2D eigenvalue weighted by molar-refractivity contribution is 5.86. The molecule has 166 valence electrons. The van der Waals surface area contributed by atoms with E-state index in [1.54, 1.807) is 29.2 Å². The Morgan fingerprint density at radius 2 is 2.10 bits per heavy atom. The van der Waals surface area contributed by atoms with Gasteiger partial charge in [-0.2, -0.15) is 23.3 Å². The molecule has 0 fully saturated rings. The first-order chi connectivity index (χ1) is 14.8. The van der Waals surface area contributed by atoms with Crippen LogP contribution in [0.3, 0.4) is 0 Å². The van der Waals surface area contributed by atoms with Crippen molar-refractivity contribution in [3.05, 3.63) is 41.9 Å². The minimum absolute atomic E-state index is 0.0269. The number of carbonyl (C=O) groups excluding carboxylic acids is 1. The van der Waals surface area contributed by atoms with E-state index >= 15 is 0 Å². The summed E-state index contributed by atoms with van der Waals surface area (Å²) >= 11 is 0. The van der Waals surface area contributed by atoms with Gasteiger partial charge in [-0.15, -0.1) is 0 Å². The maximum absolute atomic E-state index is 12.3. The average Bonchev–Trinajstić information content (AvgIpc) is 3.14. The third-order valence-corrected chi connectivity index (χ3v) is 4.15. The van der Waals surface area contributed by atoms with Crippen LogP contribution in [0.2, 0.25) is 0 Å². The Labute approximate surface area is 174 Å². The molecule has 12 heteroatoms. The van der Waals surface area contributed by atoms with E-state index in [2.05, 4.69) is 25.1 Å².